The molecule has 0 unspecified atom stereocenters. The molecular weight excluding hydrogens is 314 g/mol. The average molecular weight is 339 g/mol. The van der Waals surface area contributed by atoms with Crippen molar-refractivity contribution in [2.75, 3.05) is 13.7 Å². The first kappa shape index (κ1) is 18.7. The second-order valence-electron chi connectivity index (χ2n) is 5.89. The highest BCUT2D eigenvalue weighted by atomic mass is 16.5. The third kappa shape index (κ3) is 5.19. The average Bonchev–Trinajstić information content (AvgIpc) is 2.63. The van der Waals surface area contributed by atoms with Crippen LogP contribution in [0.5, 0.6) is 5.75 Å². The number of carbonyl (C=O) groups excluding carboxylic acids is 1. The van der Waals surface area contributed by atoms with Gasteiger partial charge in [-0.05, 0) is 25.0 Å². The Hall–Kier alpha value is -2.59. The highest BCUT2D eigenvalue weighted by Gasteiger charge is 2.34. The molecule has 0 radical (unpaired) electrons. The molecule has 0 aromatic heterocycles. The Labute approximate surface area is 149 Å². The molecule has 1 atom stereocenters. The molecular formula is C21H25NO3. The fraction of sp³-hybridized carbons (Fsp3) is 0.286. The largest absolute Gasteiger partial charge is 0.496 e. The van der Waals surface area contributed by atoms with Crippen LogP contribution < -0.4 is 10.5 Å². The summed E-state index contributed by atoms with van der Waals surface area (Å²) < 4.78 is 10.5. The minimum atomic E-state index is -1.10. The van der Waals surface area contributed by atoms with E-state index in [1.807, 2.05) is 66.7 Å². The molecule has 0 aliphatic heterocycles. The Morgan fingerprint density at radius 3 is 2.48 bits per heavy atom. The van der Waals surface area contributed by atoms with Gasteiger partial charge in [-0.2, -0.15) is 0 Å². The topological polar surface area (TPSA) is 61.5 Å². The number of methoxy groups -OCH3 is 1. The molecule has 0 fully saturated rings. The quantitative estimate of drug-likeness (QED) is 0.747. The molecule has 0 spiro atoms. The molecule has 0 saturated carbocycles. The summed E-state index contributed by atoms with van der Waals surface area (Å²) in [6.07, 6.45) is 4.62. The number of rotatable bonds is 8. The van der Waals surface area contributed by atoms with E-state index in [2.05, 4.69) is 0 Å². The van der Waals surface area contributed by atoms with Crippen molar-refractivity contribution >= 4 is 12.0 Å². The Kier molecular flexibility index (Phi) is 6.78. The second-order valence-corrected chi connectivity index (χ2v) is 5.89. The van der Waals surface area contributed by atoms with E-state index < -0.39 is 5.54 Å². The summed E-state index contributed by atoms with van der Waals surface area (Å²) in [5, 5.41) is 0. The molecule has 0 saturated heterocycles. The molecule has 0 aliphatic rings. The highest BCUT2D eigenvalue weighted by Crippen LogP contribution is 2.22. The second kappa shape index (κ2) is 9.04. The molecule has 2 aromatic carbocycles. The monoisotopic (exact) mass is 339 g/mol. The van der Waals surface area contributed by atoms with Crippen LogP contribution in [0.4, 0.5) is 0 Å². The number of para-hydroxylation sites is 1. The number of esters is 1. The van der Waals surface area contributed by atoms with Crippen LogP contribution in [-0.4, -0.2) is 25.2 Å². The van der Waals surface area contributed by atoms with Crippen molar-refractivity contribution < 1.29 is 14.3 Å². The molecule has 132 valence electrons. The molecule has 2 aromatic rings. The number of nitrogens with two attached hydrogens (primary N) is 1. The van der Waals surface area contributed by atoms with Crippen molar-refractivity contribution in [1.29, 1.82) is 0 Å². The first-order chi connectivity index (χ1) is 12.1. The molecule has 0 heterocycles. The zero-order valence-electron chi connectivity index (χ0n) is 14.8. The van der Waals surface area contributed by atoms with Crippen LogP contribution in [0, 0.1) is 0 Å². The van der Waals surface area contributed by atoms with Crippen molar-refractivity contribution in [3.8, 4) is 5.75 Å². The van der Waals surface area contributed by atoms with Gasteiger partial charge >= 0.3 is 5.97 Å². The van der Waals surface area contributed by atoms with Gasteiger partial charge in [0.15, 0.2) is 0 Å². The lowest BCUT2D eigenvalue weighted by molar-refractivity contribution is -0.149. The van der Waals surface area contributed by atoms with Crippen molar-refractivity contribution in [1.82, 2.24) is 0 Å². The SMILES string of the molecule is CCOC(=O)[C@](N)(C/C=C/c1ccccc1OC)Cc1ccccc1. The van der Waals surface area contributed by atoms with Gasteiger partial charge in [-0.1, -0.05) is 60.7 Å². The number of carbonyl (C=O) groups is 1. The fourth-order valence-corrected chi connectivity index (χ4v) is 2.66. The van der Waals surface area contributed by atoms with Gasteiger partial charge < -0.3 is 15.2 Å². The summed E-state index contributed by atoms with van der Waals surface area (Å²) in [6, 6.07) is 17.4. The third-order valence-electron chi connectivity index (χ3n) is 3.96. The maximum atomic E-state index is 12.4. The van der Waals surface area contributed by atoms with E-state index in [0.717, 1.165) is 16.9 Å². The van der Waals surface area contributed by atoms with Crippen LogP contribution in [0.15, 0.2) is 60.7 Å². The van der Waals surface area contributed by atoms with E-state index in [4.69, 9.17) is 15.2 Å². The zero-order valence-corrected chi connectivity index (χ0v) is 14.8. The first-order valence-electron chi connectivity index (χ1n) is 8.38. The minimum absolute atomic E-state index is 0.308. The summed E-state index contributed by atoms with van der Waals surface area (Å²) in [4.78, 5) is 12.4. The van der Waals surface area contributed by atoms with Gasteiger partial charge in [0.25, 0.3) is 0 Å². The zero-order chi connectivity index (χ0) is 18.1. The lowest BCUT2D eigenvalue weighted by atomic mass is 9.88. The normalized spacial score (nSPS) is 13.4. The van der Waals surface area contributed by atoms with Crippen LogP contribution >= 0.6 is 0 Å². The van der Waals surface area contributed by atoms with Crippen LogP contribution in [-0.2, 0) is 16.0 Å². The van der Waals surface area contributed by atoms with Crippen LogP contribution in [0.3, 0.4) is 0 Å². The Bertz CT molecular complexity index is 712. The summed E-state index contributed by atoms with van der Waals surface area (Å²) in [7, 11) is 1.63. The van der Waals surface area contributed by atoms with Crippen molar-refractivity contribution in [2.24, 2.45) is 5.73 Å². The molecule has 2 rings (SSSR count). The van der Waals surface area contributed by atoms with E-state index in [9.17, 15) is 4.79 Å². The highest BCUT2D eigenvalue weighted by molar-refractivity contribution is 5.81. The van der Waals surface area contributed by atoms with Crippen LogP contribution in [0.1, 0.15) is 24.5 Å². The van der Waals surface area contributed by atoms with Crippen LogP contribution in [0.25, 0.3) is 6.08 Å². The van der Waals surface area contributed by atoms with Crippen molar-refractivity contribution in [3.05, 3.63) is 71.8 Å². The predicted molar refractivity (Wildman–Crippen MR) is 100 cm³/mol. The predicted octanol–water partition coefficient (Wildman–Crippen LogP) is 3.60. The van der Waals surface area contributed by atoms with Gasteiger partial charge in [0.05, 0.1) is 13.7 Å². The molecule has 25 heavy (non-hydrogen) atoms. The van der Waals surface area contributed by atoms with Crippen molar-refractivity contribution in [2.45, 2.75) is 25.3 Å². The van der Waals surface area contributed by atoms with Crippen LogP contribution in [0.2, 0.25) is 0 Å². The number of ether oxygens (including phenoxy) is 2. The fourth-order valence-electron chi connectivity index (χ4n) is 2.66. The van der Waals surface area contributed by atoms with E-state index in [-0.39, 0.29) is 5.97 Å². The van der Waals surface area contributed by atoms with E-state index in [0.29, 0.717) is 19.4 Å². The Morgan fingerprint density at radius 2 is 1.80 bits per heavy atom. The number of hydrogen-bond donors (Lipinski definition) is 1. The standard InChI is InChI=1S/C21H25NO3/c1-3-25-20(23)21(22,16-17-10-5-4-6-11-17)15-9-13-18-12-7-8-14-19(18)24-2/h4-14H,3,15-16,22H2,1-2H3/b13-9+/t21-/m0/s1. The maximum Gasteiger partial charge on any atom is 0.326 e. The molecule has 0 amide bonds. The number of benzene rings is 2. The van der Waals surface area contributed by atoms with Gasteiger partial charge in [-0.3, -0.25) is 4.79 Å². The summed E-state index contributed by atoms with van der Waals surface area (Å²) in [5.41, 5.74) is 7.28. The van der Waals surface area contributed by atoms with Crippen molar-refractivity contribution in [3.63, 3.8) is 0 Å². The first-order valence-corrected chi connectivity index (χ1v) is 8.38. The lowest BCUT2D eigenvalue weighted by Crippen LogP contribution is -2.50. The van der Waals surface area contributed by atoms with E-state index in [1.54, 1.807) is 14.0 Å². The summed E-state index contributed by atoms with van der Waals surface area (Å²) >= 11 is 0. The van der Waals surface area contributed by atoms with Gasteiger partial charge in [0.2, 0.25) is 0 Å². The molecule has 4 nitrogen and oxygen atoms in total. The lowest BCUT2D eigenvalue weighted by Gasteiger charge is -2.26. The molecule has 4 heteroatoms. The Balaban J connectivity index is 2.18. The Morgan fingerprint density at radius 1 is 1.12 bits per heavy atom. The summed E-state index contributed by atoms with van der Waals surface area (Å²) in [5.74, 6) is 0.393. The molecule has 0 aliphatic carbocycles. The van der Waals surface area contributed by atoms with Gasteiger partial charge in [0.1, 0.15) is 11.3 Å². The van der Waals surface area contributed by atoms with E-state index >= 15 is 0 Å². The maximum absolute atomic E-state index is 12.4. The molecule has 2 N–H and O–H groups in total. The summed E-state index contributed by atoms with van der Waals surface area (Å²) in [6.45, 7) is 2.09. The minimum Gasteiger partial charge on any atom is -0.496 e. The smallest absolute Gasteiger partial charge is 0.326 e. The molecule has 0 bridgehead atoms. The van der Waals surface area contributed by atoms with Gasteiger partial charge in [-0.15, -0.1) is 0 Å². The van der Waals surface area contributed by atoms with Gasteiger partial charge in [0, 0.05) is 12.0 Å². The number of hydrogen-bond acceptors (Lipinski definition) is 4. The third-order valence-corrected chi connectivity index (χ3v) is 3.96. The van der Waals surface area contributed by atoms with E-state index in [1.165, 1.54) is 0 Å². The van der Waals surface area contributed by atoms with Gasteiger partial charge in [-0.25, -0.2) is 0 Å².